The van der Waals surface area contributed by atoms with Gasteiger partial charge in [0, 0.05) is 32.8 Å². The Kier molecular flexibility index (Phi) is 6.51. The van der Waals surface area contributed by atoms with Crippen LogP contribution in [0.5, 0.6) is 0 Å². The molecular weight excluding hydrogens is 532 g/mol. The van der Waals surface area contributed by atoms with E-state index in [9.17, 15) is 0 Å². The molecule has 2 nitrogen and oxygen atoms in total. The molecule has 8 aromatic rings. The molecule has 0 atom stereocenters. The quantitative estimate of drug-likeness (QED) is 0.196. The van der Waals surface area contributed by atoms with Crippen LogP contribution >= 0.6 is 0 Å². The summed E-state index contributed by atoms with van der Waals surface area (Å²) < 4.78 is 0. The van der Waals surface area contributed by atoms with Crippen molar-refractivity contribution in [2.24, 2.45) is 0 Å². The van der Waals surface area contributed by atoms with Gasteiger partial charge in [0.15, 0.2) is 0 Å². The van der Waals surface area contributed by atoms with Crippen molar-refractivity contribution in [3.63, 3.8) is 0 Å². The third-order valence-electron chi connectivity index (χ3n) is 8.27. The average Bonchev–Trinajstić information content (AvgIpc) is 3.12. The van der Waals surface area contributed by atoms with E-state index >= 15 is 0 Å². The molecule has 44 heavy (non-hydrogen) atoms. The minimum Gasteiger partial charge on any atom is -0.248 e. The van der Waals surface area contributed by atoms with Crippen LogP contribution < -0.4 is 0 Å². The van der Waals surface area contributed by atoms with Gasteiger partial charge in [0.05, 0.1) is 22.6 Å². The zero-order chi connectivity index (χ0) is 29.3. The van der Waals surface area contributed by atoms with Gasteiger partial charge in [0.1, 0.15) is 0 Å². The van der Waals surface area contributed by atoms with E-state index < -0.39 is 0 Å². The molecule has 2 heterocycles. The van der Waals surface area contributed by atoms with Crippen LogP contribution in [0.4, 0.5) is 0 Å². The Hall–Kier alpha value is -5.86. The van der Waals surface area contributed by atoms with E-state index in [-0.39, 0.29) is 0 Å². The predicted molar refractivity (Wildman–Crippen MR) is 184 cm³/mol. The molecule has 6 aromatic carbocycles. The first kappa shape index (κ1) is 25.8. The molecule has 8 rings (SSSR count). The number of hydrogen-bond donors (Lipinski definition) is 0. The molecule has 0 spiro atoms. The fourth-order valence-electron chi connectivity index (χ4n) is 6.11. The second kappa shape index (κ2) is 11.1. The molecule has 2 heteroatoms. The fourth-order valence-corrected chi connectivity index (χ4v) is 6.11. The van der Waals surface area contributed by atoms with Gasteiger partial charge in [-0.1, -0.05) is 152 Å². The van der Waals surface area contributed by atoms with Crippen LogP contribution in [-0.2, 0) is 0 Å². The Labute approximate surface area is 257 Å². The summed E-state index contributed by atoms with van der Waals surface area (Å²) in [4.78, 5) is 10.3. The second-order valence-corrected chi connectivity index (χ2v) is 11.0. The summed E-state index contributed by atoms with van der Waals surface area (Å²) in [6.07, 6.45) is 0. The summed E-state index contributed by atoms with van der Waals surface area (Å²) in [5.74, 6) is 0. The summed E-state index contributed by atoms with van der Waals surface area (Å²) in [5, 5.41) is 3.55. The van der Waals surface area contributed by atoms with Gasteiger partial charge in [-0.25, -0.2) is 9.97 Å². The third kappa shape index (κ3) is 4.73. The van der Waals surface area contributed by atoms with Crippen molar-refractivity contribution in [2.75, 3.05) is 0 Å². The van der Waals surface area contributed by atoms with Gasteiger partial charge in [-0.05, 0) is 40.5 Å². The molecule has 0 N–H and O–H groups in total. The minimum atomic E-state index is 0.960. The van der Waals surface area contributed by atoms with Gasteiger partial charge >= 0.3 is 0 Å². The Bertz CT molecular complexity index is 2180. The standard InChI is InChI=1S/C42H28N2/c1-4-13-30(14-5-1)35-20-12-21-37-41(35)36-19-10-11-22-38(36)44-42(37)33-25-23-29(24-26-33)34-27-39(31-15-6-2-7-16-31)43-40(28-34)32-17-8-3-9-18-32/h1-28H. The van der Waals surface area contributed by atoms with Gasteiger partial charge in [-0.15, -0.1) is 0 Å². The number of hydrogen-bond acceptors (Lipinski definition) is 2. The summed E-state index contributed by atoms with van der Waals surface area (Å²) in [6, 6.07) is 59.6. The van der Waals surface area contributed by atoms with Crippen molar-refractivity contribution in [2.45, 2.75) is 0 Å². The van der Waals surface area contributed by atoms with E-state index in [4.69, 9.17) is 9.97 Å². The van der Waals surface area contributed by atoms with Gasteiger partial charge in [0.2, 0.25) is 0 Å². The van der Waals surface area contributed by atoms with Crippen LogP contribution in [0.3, 0.4) is 0 Å². The van der Waals surface area contributed by atoms with Gasteiger partial charge in [-0.2, -0.15) is 0 Å². The average molecular weight is 561 g/mol. The molecule has 2 aromatic heterocycles. The molecule has 0 saturated heterocycles. The molecule has 0 amide bonds. The zero-order valence-corrected chi connectivity index (χ0v) is 24.1. The van der Waals surface area contributed by atoms with E-state index in [2.05, 4.69) is 158 Å². The Balaban J connectivity index is 1.27. The normalized spacial score (nSPS) is 11.2. The molecule has 206 valence electrons. The molecule has 0 aliphatic carbocycles. The van der Waals surface area contributed by atoms with Crippen molar-refractivity contribution in [1.82, 2.24) is 9.97 Å². The van der Waals surface area contributed by atoms with Crippen LogP contribution in [0.25, 0.3) is 77.7 Å². The molecule has 0 aliphatic heterocycles. The molecular formula is C42H28N2. The summed E-state index contributed by atoms with van der Waals surface area (Å²) in [5.41, 5.74) is 11.9. The minimum absolute atomic E-state index is 0.960. The molecule has 0 bridgehead atoms. The maximum absolute atomic E-state index is 5.21. The highest BCUT2D eigenvalue weighted by Crippen LogP contribution is 2.39. The van der Waals surface area contributed by atoms with E-state index in [1.807, 2.05) is 12.1 Å². The third-order valence-corrected chi connectivity index (χ3v) is 8.27. The zero-order valence-electron chi connectivity index (χ0n) is 24.1. The highest BCUT2D eigenvalue weighted by atomic mass is 14.7. The van der Waals surface area contributed by atoms with Crippen LogP contribution in [0.1, 0.15) is 0 Å². The molecule has 0 aliphatic rings. The topological polar surface area (TPSA) is 25.8 Å². The maximum Gasteiger partial charge on any atom is 0.0788 e. The van der Waals surface area contributed by atoms with E-state index in [1.54, 1.807) is 0 Å². The number of pyridine rings is 2. The smallest absolute Gasteiger partial charge is 0.0788 e. The highest BCUT2D eigenvalue weighted by molar-refractivity contribution is 6.17. The largest absolute Gasteiger partial charge is 0.248 e. The number of nitrogens with zero attached hydrogens (tertiary/aromatic N) is 2. The van der Waals surface area contributed by atoms with Crippen molar-refractivity contribution < 1.29 is 0 Å². The second-order valence-electron chi connectivity index (χ2n) is 11.0. The lowest BCUT2D eigenvalue weighted by atomic mass is 9.92. The van der Waals surface area contributed by atoms with Crippen molar-refractivity contribution in [1.29, 1.82) is 0 Å². The monoisotopic (exact) mass is 560 g/mol. The predicted octanol–water partition coefficient (Wildman–Crippen LogP) is 11.1. The van der Waals surface area contributed by atoms with E-state index in [0.717, 1.165) is 55.8 Å². The lowest BCUT2D eigenvalue weighted by molar-refractivity contribution is 1.32. The summed E-state index contributed by atoms with van der Waals surface area (Å²) in [7, 11) is 0. The van der Waals surface area contributed by atoms with Gasteiger partial charge in [-0.3, -0.25) is 0 Å². The number of fused-ring (bicyclic) bond motifs is 3. The lowest BCUT2D eigenvalue weighted by Crippen LogP contribution is -1.93. The first-order valence-corrected chi connectivity index (χ1v) is 14.9. The Morgan fingerprint density at radius 3 is 1.48 bits per heavy atom. The van der Waals surface area contributed by atoms with E-state index in [0.29, 0.717) is 0 Å². The highest BCUT2D eigenvalue weighted by Gasteiger charge is 2.15. The van der Waals surface area contributed by atoms with Crippen LogP contribution in [0, 0.1) is 0 Å². The fraction of sp³-hybridized carbons (Fsp3) is 0. The summed E-state index contributed by atoms with van der Waals surface area (Å²) >= 11 is 0. The van der Waals surface area contributed by atoms with Crippen molar-refractivity contribution in [3.8, 4) is 56.0 Å². The number of rotatable bonds is 5. The lowest BCUT2D eigenvalue weighted by Gasteiger charge is -2.15. The summed E-state index contributed by atoms with van der Waals surface area (Å²) in [6.45, 7) is 0. The Morgan fingerprint density at radius 1 is 0.318 bits per heavy atom. The van der Waals surface area contributed by atoms with Crippen LogP contribution in [-0.4, -0.2) is 9.97 Å². The van der Waals surface area contributed by atoms with Gasteiger partial charge in [0.25, 0.3) is 0 Å². The SMILES string of the molecule is c1ccc(-c2cc(-c3ccc(-c4nc5ccccc5c5c(-c6ccccc6)cccc45)cc3)cc(-c3ccccc3)n2)cc1. The molecule has 0 unspecified atom stereocenters. The Morgan fingerprint density at radius 2 is 0.841 bits per heavy atom. The maximum atomic E-state index is 5.21. The first-order valence-electron chi connectivity index (χ1n) is 14.9. The molecule has 0 fully saturated rings. The number of aromatic nitrogens is 2. The van der Waals surface area contributed by atoms with Crippen molar-refractivity contribution in [3.05, 3.63) is 170 Å². The van der Waals surface area contributed by atoms with Crippen LogP contribution in [0.2, 0.25) is 0 Å². The molecule has 0 radical (unpaired) electrons. The number of benzene rings is 6. The molecule has 0 saturated carbocycles. The van der Waals surface area contributed by atoms with Crippen LogP contribution in [0.15, 0.2) is 170 Å². The van der Waals surface area contributed by atoms with Crippen molar-refractivity contribution >= 4 is 21.7 Å². The van der Waals surface area contributed by atoms with E-state index in [1.165, 1.54) is 21.9 Å². The number of para-hydroxylation sites is 1. The first-order chi connectivity index (χ1) is 21.8. The van der Waals surface area contributed by atoms with Gasteiger partial charge < -0.3 is 0 Å².